The van der Waals surface area contributed by atoms with Crippen molar-refractivity contribution < 1.29 is 23.1 Å². The number of hydrogen-bond donors (Lipinski definition) is 3. The van der Waals surface area contributed by atoms with Crippen LogP contribution in [0.25, 0.3) is 0 Å². The zero-order valence-corrected chi connectivity index (χ0v) is 11.7. The highest BCUT2D eigenvalue weighted by Crippen LogP contribution is 2.09. The Morgan fingerprint density at radius 1 is 1.20 bits per heavy atom. The van der Waals surface area contributed by atoms with Crippen LogP contribution in [0.3, 0.4) is 0 Å². The molecule has 110 valence electrons. The molecule has 0 saturated carbocycles. The lowest BCUT2D eigenvalue weighted by Gasteiger charge is -2.07. The number of carboxylic acid groups (broad SMARTS) is 1. The summed E-state index contributed by atoms with van der Waals surface area (Å²) in [5, 5.41) is 13.5. The maximum atomic E-state index is 11.4. The molecule has 7 nitrogen and oxygen atoms in total. The van der Waals surface area contributed by atoms with E-state index in [1.54, 1.807) is 24.3 Å². The first-order valence-electron chi connectivity index (χ1n) is 5.79. The fourth-order valence-electron chi connectivity index (χ4n) is 1.41. The van der Waals surface area contributed by atoms with Crippen molar-refractivity contribution in [1.82, 2.24) is 5.32 Å². The maximum Gasteiger partial charge on any atom is 0.319 e. The molecule has 0 aliphatic heterocycles. The molecule has 0 aromatic heterocycles. The highest BCUT2D eigenvalue weighted by molar-refractivity contribution is 7.90. The van der Waals surface area contributed by atoms with Gasteiger partial charge in [-0.3, -0.25) is 4.79 Å². The van der Waals surface area contributed by atoms with E-state index >= 15 is 0 Å². The summed E-state index contributed by atoms with van der Waals surface area (Å²) in [6, 6.07) is 5.84. The van der Waals surface area contributed by atoms with Crippen LogP contribution >= 0.6 is 0 Å². The predicted octanol–water partition coefficient (Wildman–Crippen LogP) is 0.480. The van der Waals surface area contributed by atoms with Gasteiger partial charge in [-0.05, 0) is 17.7 Å². The lowest BCUT2D eigenvalue weighted by molar-refractivity contribution is -0.136. The molecule has 0 radical (unpaired) electrons. The van der Waals surface area contributed by atoms with Crippen LogP contribution in [-0.4, -0.2) is 44.1 Å². The molecule has 1 aromatic carbocycles. The smallest absolute Gasteiger partial charge is 0.319 e. The summed E-state index contributed by atoms with van der Waals surface area (Å²) in [6.45, 7) is 0.0295. The summed E-state index contributed by atoms with van der Waals surface area (Å²) in [4.78, 5) is 22.0. The molecule has 0 heterocycles. The Hall–Kier alpha value is -2.09. The number of anilines is 1. The maximum absolute atomic E-state index is 11.4. The van der Waals surface area contributed by atoms with Crippen molar-refractivity contribution in [2.45, 2.75) is 6.42 Å². The Morgan fingerprint density at radius 2 is 1.80 bits per heavy atom. The number of sulfone groups is 1. The molecule has 1 aromatic rings. The molecule has 2 amide bonds. The molecule has 0 fully saturated rings. The SMILES string of the molecule is CS(=O)(=O)CCNC(=O)Nc1ccc(CC(=O)O)cc1. The number of urea groups is 1. The van der Waals surface area contributed by atoms with Gasteiger partial charge in [0.25, 0.3) is 0 Å². The van der Waals surface area contributed by atoms with E-state index in [2.05, 4.69) is 10.6 Å². The second-order valence-electron chi connectivity index (χ2n) is 4.28. The van der Waals surface area contributed by atoms with Gasteiger partial charge in [0, 0.05) is 18.5 Å². The summed E-state index contributed by atoms with van der Waals surface area (Å²) in [6.07, 6.45) is 1.01. The van der Waals surface area contributed by atoms with E-state index in [0.29, 0.717) is 11.3 Å². The van der Waals surface area contributed by atoms with Gasteiger partial charge in [0.1, 0.15) is 9.84 Å². The molecule has 20 heavy (non-hydrogen) atoms. The Labute approximate surface area is 116 Å². The van der Waals surface area contributed by atoms with Gasteiger partial charge in [-0.25, -0.2) is 13.2 Å². The summed E-state index contributed by atoms with van der Waals surface area (Å²) in [5.74, 6) is -1.05. The largest absolute Gasteiger partial charge is 0.481 e. The minimum Gasteiger partial charge on any atom is -0.481 e. The first kappa shape index (κ1) is 16.0. The van der Waals surface area contributed by atoms with Crippen molar-refractivity contribution in [3.8, 4) is 0 Å². The van der Waals surface area contributed by atoms with E-state index < -0.39 is 21.8 Å². The van der Waals surface area contributed by atoms with Crippen molar-refractivity contribution >= 4 is 27.5 Å². The number of aliphatic carboxylic acids is 1. The number of amides is 2. The highest BCUT2D eigenvalue weighted by Gasteiger charge is 2.05. The molecular formula is C12H16N2O5S. The molecule has 0 bridgehead atoms. The summed E-state index contributed by atoms with van der Waals surface area (Å²) < 4.78 is 21.8. The van der Waals surface area contributed by atoms with Crippen LogP contribution in [0.15, 0.2) is 24.3 Å². The molecule has 0 aliphatic rings. The van der Waals surface area contributed by atoms with Gasteiger partial charge in [0.05, 0.1) is 12.2 Å². The Bertz CT molecular complexity index is 580. The summed E-state index contributed by atoms with van der Waals surface area (Å²) >= 11 is 0. The van der Waals surface area contributed by atoms with Gasteiger partial charge in [0.2, 0.25) is 0 Å². The van der Waals surface area contributed by atoms with E-state index in [0.717, 1.165) is 6.26 Å². The van der Waals surface area contributed by atoms with Crippen LogP contribution < -0.4 is 10.6 Å². The van der Waals surface area contributed by atoms with Gasteiger partial charge in [-0.2, -0.15) is 0 Å². The van der Waals surface area contributed by atoms with Gasteiger partial charge in [0.15, 0.2) is 0 Å². The van der Waals surface area contributed by atoms with Crippen molar-refractivity contribution in [1.29, 1.82) is 0 Å². The molecule has 0 saturated heterocycles. The van der Waals surface area contributed by atoms with Gasteiger partial charge in [-0.15, -0.1) is 0 Å². The zero-order chi connectivity index (χ0) is 15.2. The first-order chi connectivity index (χ1) is 9.26. The van der Waals surface area contributed by atoms with Crippen molar-refractivity contribution in [3.05, 3.63) is 29.8 Å². The monoisotopic (exact) mass is 300 g/mol. The molecule has 3 N–H and O–H groups in total. The van der Waals surface area contributed by atoms with Crippen molar-refractivity contribution in [2.24, 2.45) is 0 Å². The van der Waals surface area contributed by atoms with Crippen LogP contribution in [0.5, 0.6) is 0 Å². The minimum atomic E-state index is -3.11. The van der Waals surface area contributed by atoms with E-state index in [-0.39, 0.29) is 18.7 Å². The quantitative estimate of drug-likeness (QED) is 0.707. The number of hydrogen-bond acceptors (Lipinski definition) is 4. The molecule has 0 atom stereocenters. The fourth-order valence-corrected chi connectivity index (χ4v) is 1.88. The van der Waals surface area contributed by atoms with Crippen molar-refractivity contribution in [2.75, 3.05) is 23.9 Å². The fraction of sp³-hybridized carbons (Fsp3) is 0.333. The number of carbonyl (C=O) groups excluding carboxylic acids is 1. The molecular weight excluding hydrogens is 284 g/mol. The minimum absolute atomic E-state index is 0.0295. The Morgan fingerprint density at radius 3 is 2.30 bits per heavy atom. The number of carbonyl (C=O) groups is 2. The average molecular weight is 300 g/mol. The second kappa shape index (κ2) is 6.90. The van der Waals surface area contributed by atoms with Crippen LogP contribution in [0.2, 0.25) is 0 Å². The average Bonchev–Trinajstić information content (AvgIpc) is 2.29. The summed E-state index contributed by atoms with van der Waals surface area (Å²) in [7, 11) is -3.11. The third-order valence-electron chi connectivity index (χ3n) is 2.33. The van der Waals surface area contributed by atoms with E-state index in [9.17, 15) is 18.0 Å². The van der Waals surface area contributed by atoms with E-state index in [1.807, 2.05) is 0 Å². The molecule has 0 unspecified atom stereocenters. The third-order valence-corrected chi connectivity index (χ3v) is 3.27. The molecule has 0 spiro atoms. The lowest BCUT2D eigenvalue weighted by Crippen LogP contribution is -2.32. The number of nitrogens with one attached hydrogen (secondary N) is 2. The van der Waals surface area contributed by atoms with E-state index in [1.165, 1.54) is 0 Å². The third kappa shape index (κ3) is 6.74. The van der Waals surface area contributed by atoms with Crippen LogP contribution in [0, 0.1) is 0 Å². The van der Waals surface area contributed by atoms with E-state index in [4.69, 9.17) is 5.11 Å². The second-order valence-corrected chi connectivity index (χ2v) is 6.54. The highest BCUT2D eigenvalue weighted by atomic mass is 32.2. The topological polar surface area (TPSA) is 113 Å². The van der Waals surface area contributed by atoms with Crippen molar-refractivity contribution in [3.63, 3.8) is 0 Å². The number of carboxylic acids is 1. The van der Waals surface area contributed by atoms with Gasteiger partial charge in [-0.1, -0.05) is 12.1 Å². The van der Waals surface area contributed by atoms with Gasteiger partial charge >= 0.3 is 12.0 Å². The van der Waals surface area contributed by atoms with Crippen LogP contribution in [0.4, 0.5) is 10.5 Å². The molecule has 0 aliphatic carbocycles. The Kier molecular flexibility index (Phi) is 5.51. The van der Waals surface area contributed by atoms with Crippen LogP contribution in [-0.2, 0) is 21.1 Å². The Balaban J connectivity index is 2.44. The van der Waals surface area contributed by atoms with Gasteiger partial charge < -0.3 is 15.7 Å². The zero-order valence-electron chi connectivity index (χ0n) is 10.9. The predicted molar refractivity (Wildman–Crippen MR) is 74.5 cm³/mol. The summed E-state index contributed by atoms with van der Waals surface area (Å²) in [5.41, 5.74) is 1.12. The normalized spacial score (nSPS) is 10.8. The first-order valence-corrected chi connectivity index (χ1v) is 7.85. The molecule has 8 heteroatoms. The molecule has 1 rings (SSSR count). The number of benzene rings is 1. The lowest BCUT2D eigenvalue weighted by atomic mass is 10.1. The van der Waals surface area contributed by atoms with Crippen LogP contribution in [0.1, 0.15) is 5.56 Å². The number of rotatable bonds is 6. The standard InChI is InChI=1S/C12H16N2O5S/c1-20(18,19)7-6-13-12(17)14-10-4-2-9(3-5-10)8-11(15)16/h2-5H,6-8H2,1H3,(H,15,16)(H2,13,14,17).